The number of rotatable bonds is 1. The van der Waals surface area contributed by atoms with Gasteiger partial charge in [0.1, 0.15) is 14.2 Å². The highest BCUT2D eigenvalue weighted by Crippen LogP contribution is 2.28. The van der Waals surface area contributed by atoms with Crippen molar-refractivity contribution in [1.82, 2.24) is 0 Å². The van der Waals surface area contributed by atoms with Crippen LogP contribution in [-0.2, 0) is 9.47 Å². The quantitative estimate of drug-likeness (QED) is 0.531. The summed E-state index contributed by atoms with van der Waals surface area (Å²) in [6, 6.07) is 0. The van der Waals surface area contributed by atoms with Crippen molar-refractivity contribution in [2.45, 2.75) is 51.5 Å². The third-order valence-corrected chi connectivity index (χ3v) is 3.02. The minimum atomic E-state index is -1.38. The lowest BCUT2D eigenvalue weighted by molar-refractivity contribution is -0.138. The van der Waals surface area contributed by atoms with Crippen LogP contribution in [-0.4, -0.2) is 26.1 Å². The van der Waals surface area contributed by atoms with E-state index in [-0.39, 0.29) is 12.2 Å². The van der Waals surface area contributed by atoms with Crippen molar-refractivity contribution in [3.05, 3.63) is 11.6 Å². The lowest BCUT2D eigenvalue weighted by atomic mass is 10.2. The van der Waals surface area contributed by atoms with Crippen molar-refractivity contribution in [3.8, 4) is 11.5 Å². The van der Waals surface area contributed by atoms with Crippen LogP contribution in [0.25, 0.3) is 0 Å². The SMILES string of the molecule is CC1(C)O[C@H](C#C[Si](C)(C)C)[C@@H](/C=C/Cl)O1. The molecular weight excluding hydrogens is 240 g/mol. The molecule has 0 aliphatic carbocycles. The second kappa shape index (κ2) is 4.93. The highest BCUT2D eigenvalue weighted by atomic mass is 35.5. The van der Waals surface area contributed by atoms with Crippen molar-refractivity contribution in [2.24, 2.45) is 0 Å². The van der Waals surface area contributed by atoms with Crippen molar-refractivity contribution in [3.63, 3.8) is 0 Å². The number of hydrogen-bond donors (Lipinski definition) is 0. The van der Waals surface area contributed by atoms with E-state index in [4.69, 9.17) is 21.1 Å². The van der Waals surface area contributed by atoms with E-state index in [1.807, 2.05) is 13.8 Å². The molecule has 0 aromatic heterocycles. The lowest BCUT2D eigenvalue weighted by Crippen LogP contribution is -2.22. The summed E-state index contributed by atoms with van der Waals surface area (Å²) in [6.07, 6.45) is 1.40. The van der Waals surface area contributed by atoms with Gasteiger partial charge in [-0.25, -0.2) is 0 Å². The fourth-order valence-corrected chi connectivity index (χ4v) is 2.12. The average Bonchev–Trinajstić information content (AvgIpc) is 2.37. The minimum absolute atomic E-state index is 0.170. The molecule has 90 valence electrons. The molecule has 1 fully saturated rings. The van der Waals surface area contributed by atoms with Crippen LogP contribution in [0.2, 0.25) is 19.6 Å². The van der Waals surface area contributed by atoms with Gasteiger partial charge in [0.25, 0.3) is 0 Å². The summed E-state index contributed by atoms with van der Waals surface area (Å²) in [5.74, 6) is 2.58. The molecule has 0 aromatic rings. The third kappa shape index (κ3) is 4.30. The van der Waals surface area contributed by atoms with Crippen molar-refractivity contribution < 1.29 is 9.47 Å². The molecule has 2 nitrogen and oxygen atoms in total. The highest BCUT2D eigenvalue weighted by molar-refractivity contribution is 6.83. The first-order valence-electron chi connectivity index (χ1n) is 5.39. The molecule has 0 bridgehead atoms. The Morgan fingerprint density at radius 3 is 2.38 bits per heavy atom. The molecule has 1 aliphatic heterocycles. The lowest BCUT2D eigenvalue weighted by Gasteiger charge is -2.15. The van der Waals surface area contributed by atoms with Crippen molar-refractivity contribution in [2.75, 3.05) is 0 Å². The molecule has 0 unspecified atom stereocenters. The molecule has 2 atom stereocenters. The minimum Gasteiger partial charge on any atom is -0.339 e. The van der Waals surface area contributed by atoms with Gasteiger partial charge in [-0.3, -0.25) is 0 Å². The first kappa shape index (κ1) is 13.8. The van der Waals surface area contributed by atoms with Gasteiger partial charge in [0, 0.05) is 5.54 Å². The van der Waals surface area contributed by atoms with Crippen LogP contribution < -0.4 is 0 Å². The average molecular weight is 259 g/mol. The summed E-state index contributed by atoms with van der Waals surface area (Å²) in [7, 11) is -1.38. The summed E-state index contributed by atoms with van der Waals surface area (Å²) < 4.78 is 11.4. The largest absolute Gasteiger partial charge is 0.339 e. The van der Waals surface area contributed by atoms with Crippen LogP contribution in [0.4, 0.5) is 0 Å². The maximum atomic E-state index is 5.73. The highest BCUT2D eigenvalue weighted by Gasteiger charge is 2.39. The van der Waals surface area contributed by atoms with Crippen LogP contribution in [0.5, 0.6) is 0 Å². The molecule has 1 aliphatic rings. The summed E-state index contributed by atoms with van der Waals surface area (Å²) in [6.45, 7) is 10.4. The molecule has 0 N–H and O–H groups in total. The Bertz CT molecular complexity index is 333. The third-order valence-electron chi connectivity index (χ3n) is 1.98. The topological polar surface area (TPSA) is 18.5 Å². The Morgan fingerprint density at radius 2 is 1.88 bits per heavy atom. The normalized spacial score (nSPS) is 29.1. The standard InChI is InChI=1S/C12H19ClO2Si/c1-12(2)14-10(6-8-13)11(15-12)7-9-16(3,4)5/h6,8,10-11H,1-5H3/b8-6+/t10-,11-/m1/s1. The number of halogens is 1. The zero-order valence-corrected chi connectivity index (χ0v) is 12.3. The Labute approximate surface area is 104 Å². The fraction of sp³-hybridized carbons (Fsp3) is 0.667. The molecule has 0 saturated carbocycles. The van der Waals surface area contributed by atoms with E-state index >= 15 is 0 Å². The maximum absolute atomic E-state index is 5.73. The van der Waals surface area contributed by atoms with Crippen LogP contribution in [0.1, 0.15) is 13.8 Å². The zero-order chi connectivity index (χ0) is 12.4. The summed E-state index contributed by atoms with van der Waals surface area (Å²) in [5.41, 5.74) is 4.75. The molecule has 0 radical (unpaired) electrons. The summed E-state index contributed by atoms with van der Waals surface area (Å²) in [4.78, 5) is 0. The first-order valence-corrected chi connectivity index (χ1v) is 9.32. The molecular formula is C12H19ClO2Si. The van der Waals surface area contributed by atoms with Crippen LogP contribution in [0.15, 0.2) is 11.6 Å². The second-order valence-corrected chi connectivity index (χ2v) is 10.4. The number of hydrogen-bond acceptors (Lipinski definition) is 2. The van der Waals surface area contributed by atoms with Gasteiger partial charge in [-0.05, 0) is 19.9 Å². The van der Waals surface area contributed by atoms with Crippen molar-refractivity contribution >= 4 is 19.7 Å². The molecule has 16 heavy (non-hydrogen) atoms. The van der Waals surface area contributed by atoms with Crippen LogP contribution >= 0.6 is 11.6 Å². The summed E-state index contributed by atoms with van der Waals surface area (Å²) in [5, 5.41) is 0. The van der Waals surface area contributed by atoms with Crippen molar-refractivity contribution in [1.29, 1.82) is 0 Å². The van der Waals surface area contributed by atoms with Gasteiger partial charge in [0.15, 0.2) is 11.9 Å². The van der Waals surface area contributed by atoms with Gasteiger partial charge in [0.05, 0.1) is 0 Å². The van der Waals surface area contributed by atoms with E-state index in [1.54, 1.807) is 6.08 Å². The Morgan fingerprint density at radius 1 is 1.25 bits per heavy atom. The van der Waals surface area contributed by atoms with Gasteiger partial charge in [0.2, 0.25) is 0 Å². The molecule has 0 aromatic carbocycles. The Balaban J connectivity index is 2.81. The molecule has 0 amide bonds. The van der Waals surface area contributed by atoms with Crippen LogP contribution in [0, 0.1) is 11.5 Å². The van der Waals surface area contributed by atoms with E-state index in [9.17, 15) is 0 Å². The van der Waals surface area contributed by atoms with E-state index in [0.717, 1.165) is 0 Å². The Hall–Kier alpha value is -0.273. The van der Waals surface area contributed by atoms with E-state index in [1.165, 1.54) is 5.54 Å². The molecule has 1 saturated heterocycles. The fourth-order valence-electron chi connectivity index (χ4n) is 1.40. The molecule has 0 spiro atoms. The first-order chi connectivity index (χ1) is 7.23. The van der Waals surface area contributed by atoms with Gasteiger partial charge in [-0.15, -0.1) is 5.54 Å². The molecule has 1 heterocycles. The zero-order valence-electron chi connectivity index (χ0n) is 10.5. The summed E-state index contributed by atoms with van der Waals surface area (Å²) >= 11 is 5.57. The van der Waals surface area contributed by atoms with Gasteiger partial charge >= 0.3 is 0 Å². The number of ether oxygens (including phenoxy) is 2. The van der Waals surface area contributed by atoms with E-state index < -0.39 is 13.9 Å². The van der Waals surface area contributed by atoms with Gasteiger partial charge in [-0.2, -0.15) is 0 Å². The molecule has 4 heteroatoms. The predicted octanol–water partition coefficient (Wildman–Crippen LogP) is 3.14. The molecule has 1 rings (SSSR count). The van der Waals surface area contributed by atoms with E-state index in [0.29, 0.717) is 0 Å². The van der Waals surface area contributed by atoms with Gasteiger partial charge < -0.3 is 9.47 Å². The second-order valence-electron chi connectivity index (χ2n) is 5.36. The smallest absolute Gasteiger partial charge is 0.165 e. The van der Waals surface area contributed by atoms with Gasteiger partial charge in [-0.1, -0.05) is 37.2 Å². The predicted molar refractivity (Wildman–Crippen MR) is 69.9 cm³/mol. The maximum Gasteiger partial charge on any atom is 0.165 e. The Kier molecular flexibility index (Phi) is 4.25. The monoisotopic (exact) mass is 258 g/mol. The van der Waals surface area contributed by atoms with Crippen LogP contribution in [0.3, 0.4) is 0 Å². The van der Waals surface area contributed by atoms with E-state index in [2.05, 4.69) is 31.1 Å².